The van der Waals surface area contributed by atoms with Gasteiger partial charge >= 0.3 is 5.97 Å². The quantitative estimate of drug-likeness (QED) is 0.778. The lowest BCUT2D eigenvalue weighted by molar-refractivity contribution is -0.136. The van der Waals surface area contributed by atoms with Crippen molar-refractivity contribution in [2.75, 3.05) is 12.4 Å². The number of rotatable bonds is 7. The van der Waals surface area contributed by atoms with Gasteiger partial charge in [0.15, 0.2) is 0 Å². The van der Waals surface area contributed by atoms with E-state index >= 15 is 0 Å². The van der Waals surface area contributed by atoms with Gasteiger partial charge in [-0.3, -0.25) is 4.79 Å². The lowest BCUT2D eigenvalue weighted by Gasteiger charge is -2.20. The second kappa shape index (κ2) is 8.20. The molecule has 0 spiro atoms. The van der Waals surface area contributed by atoms with E-state index in [2.05, 4.69) is 0 Å². The number of hydrogen-bond donors (Lipinski definition) is 1. The average Bonchev–Trinajstić information content (AvgIpc) is 2.46. The van der Waals surface area contributed by atoms with Crippen LogP contribution in [0.4, 0.5) is 0 Å². The molecule has 110 valence electrons. The first-order valence-electron chi connectivity index (χ1n) is 7.29. The van der Waals surface area contributed by atoms with E-state index in [4.69, 9.17) is 9.84 Å². The SMILES string of the molecule is O=C(O)Cc1ccc(OCCSC2CCCCC2)cc1. The number of thioether (sulfide) groups is 1. The number of benzene rings is 1. The molecule has 3 nitrogen and oxygen atoms in total. The molecule has 0 saturated heterocycles. The van der Waals surface area contributed by atoms with Crippen molar-refractivity contribution < 1.29 is 14.6 Å². The van der Waals surface area contributed by atoms with E-state index in [0.717, 1.165) is 28.9 Å². The molecule has 1 N–H and O–H groups in total. The normalized spacial score (nSPS) is 16.0. The van der Waals surface area contributed by atoms with Crippen molar-refractivity contribution in [3.05, 3.63) is 29.8 Å². The predicted molar refractivity (Wildman–Crippen MR) is 82.6 cm³/mol. The van der Waals surface area contributed by atoms with Crippen molar-refractivity contribution in [1.82, 2.24) is 0 Å². The third-order valence-electron chi connectivity index (χ3n) is 3.54. The molecule has 0 amide bonds. The third-order valence-corrected chi connectivity index (χ3v) is 4.88. The van der Waals surface area contributed by atoms with Crippen LogP contribution in [0.1, 0.15) is 37.7 Å². The Balaban J connectivity index is 1.64. The first-order valence-corrected chi connectivity index (χ1v) is 8.34. The van der Waals surface area contributed by atoms with Gasteiger partial charge < -0.3 is 9.84 Å². The van der Waals surface area contributed by atoms with Gasteiger partial charge in [0.1, 0.15) is 5.75 Å². The lowest BCUT2D eigenvalue weighted by atomic mass is 10.0. The maximum absolute atomic E-state index is 10.6. The van der Waals surface area contributed by atoms with E-state index in [1.54, 1.807) is 0 Å². The molecule has 0 bridgehead atoms. The zero-order chi connectivity index (χ0) is 14.2. The molecule has 2 rings (SSSR count). The van der Waals surface area contributed by atoms with Crippen molar-refractivity contribution in [3.63, 3.8) is 0 Å². The largest absolute Gasteiger partial charge is 0.493 e. The molecule has 1 aromatic carbocycles. The molecule has 20 heavy (non-hydrogen) atoms. The molecule has 0 radical (unpaired) electrons. The van der Waals surface area contributed by atoms with Crippen molar-refractivity contribution >= 4 is 17.7 Å². The number of hydrogen-bond acceptors (Lipinski definition) is 3. The van der Waals surface area contributed by atoms with Gasteiger partial charge in [0, 0.05) is 11.0 Å². The van der Waals surface area contributed by atoms with Gasteiger partial charge in [0.05, 0.1) is 13.0 Å². The van der Waals surface area contributed by atoms with Gasteiger partial charge in [-0.2, -0.15) is 11.8 Å². The van der Waals surface area contributed by atoms with Crippen LogP contribution in [0.3, 0.4) is 0 Å². The first-order chi connectivity index (χ1) is 9.74. The molecule has 1 aliphatic carbocycles. The van der Waals surface area contributed by atoms with Crippen molar-refractivity contribution in [2.45, 2.75) is 43.8 Å². The Hall–Kier alpha value is -1.16. The van der Waals surface area contributed by atoms with Crippen LogP contribution in [0.25, 0.3) is 0 Å². The van der Waals surface area contributed by atoms with Crippen LogP contribution in [0, 0.1) is 0 Å². The topological polar surface area (TPSA) is 46.5 Å². The highest BCUT2D eigenvalue weighted by Crippen LogP contribution is 2.28. The average molecular weight is 294 g/mol. The highest BCUT2D eigenvalue weighted by Gasteiger charge is 2.13. The summed E-state index contributed by atoms with van der Waals surface area (Å²) in [5.41, 5.74) is 0.807. The summed E-state index contributed by atoms with van der Waals surface area (Å²) in [5.74, 6) is 1.05. The minimum absolute atomic E-state index is 0.0673. The summed E-state index contributed by atoms with van der Waals surface area (Å²) in [6, 6.07) is 7.34. The minimum atomic E-state index is -0.803. The maximum Gasteiger partial charge on any atom is 0.307 e. The van der Waals surface area contributed by atoms with E-state index in [0.29, 0.717) is 0 Å². The molecule has 0 aliphatic heterocycles. The van der Waals surface area contributed by atoms with Gasteiger partial charge in [0.2, 0.25) is 0 Å². The van der Waals surface area contributed by atoms with Crippen LogP contribution in [0.15, 0.2) is 24.3 Å². The van der Waals surface area contributed by atoms with Crippen molar-refractivity contribution in [3.8, 4) is 5.75 Å². The fraction of sp³-hybridized carbons (Fsp3) is 0.562. The third kappa shape index (κ3) is 5.45. The molecular formula is C16H22O3S. The maximum atomic E-state index is 10.6. The van der Waals surface area contributed by atoms with E-state index in [1.165, 1.54) is 32.1 Å². The van der Waals surface area contributed by atoms with Gasteiger partial charge in [-0.1, -0.05) is 31.4 Å². The highest BCUT2D eigenvalue weighted by molar-refractivity contribution is 7.99. The van der Waals surface area contributed by atoms with Crippen LogP contribution in [0.5, 0.6) is 5.75 Å². The van der Waals surface area contributed by atoms with Crippen LogP contribution in [-0.4, -0.2) is 28.7 Å². The number of carbonyl (C=O) groups is 1. The summed E-state index contributed by atoms with van der Waals surface area (Å²) in [7, 11) is 0. The fourth-order valence-corrected chi connectivity index (χ4v) is 3.66. The second-order valence-electron chi connectivity index (χ2n) is 5.19. The lowest BCUT2D eigenvalue weighted by Crippen LogP contribution is -2.11. The predicted octanol–water partition coefficient (Wildman–Crippen LogP) is 3.76. The molecule has 1 aromatic rings. The first kappa shape index (κ1) is 15.2. The van der Waals surface area contributed by atoms with Crippen LogP contribution in [0.2, 0.25) is 0 Å². The molecule has 0 unspecified atom stereocenters. The number of carboxylic acid groups (broad SMARTS) is 1. The van der Waals surface area contributed by atoms with Crippen LogP contribution >= 0.6 is 11.8 Å². The standard InChI is InChI=1S/C16H22O3S/c17-16(18)12-13-6-8-14(9-7-13)19-10-11-20-15-4-2-1-3-5-15/h6-9,15H,1-5,10-12H2,(H,17,18). The van der Waals surface area contributed by atoms with E-state index < -0.39 is 5.97 Å². The smallest absolute Gasteiger partial charge is 0.307 e. The number of aliphatic carboxylic acids is 1. The van der Waals surface area contributed by atoms with E-state index in [1.807, 2.05) is 36.0 Å². The summed E-state index contributed by atoms with van der Waals surface area (Å²) in [6.07, 6.45) is 6.93. The van der Waals surface area contributed by atoms with Crippen LogP contribution < -0.4 is 4.74 Å². The van der Waals surface area contributed by atoms with Gasteiger partial charge in [-0.25, -0.2) is 0 Å². The van der Waals surface area contributed by atoms with E-state index in [9.17, 15) is 4.79 Å². The Bertz CT molecular complexity index is 410. The molecule has 4 heteroatoms. The Morgan fingerprint density at radius 3 is 2.55 bits per heavy atom. The molecule has 0 heterocycles. The van der Waals surface area contributed by atoms with Gasteiger partial charge in [-0.05, 0) is 30.5 Å². The molecule has 1 aliphatic rings. The molecular weight excluding hydrogens is 272 g/mol. The van der Waals surface area contributed by atoms with Crippen LogP contribution in [-0.2, 0) is 11.2 Å². The summed E-state index contributed by atoms with van der Waals surface area (Å²) in [6.45, 7) is 0.722. The summed E-state index contributed by atoms with van der Waals surface area (Å²) < 4.78 is 5.69. The van der Waals surface area contributed by atoms with Gasteiger partial charge in [-0.15, -0.1) is 0 Å². The van der Waals surface area contributed by atoms with Gasteiger partial charge in [0.25, 0.3) is 0 Å². The Kier molecular flexibility index (Phi) is 6.25. The highest BCUT2D eigenvalue weighted by atomic mass is 32.2. The molecule has 1 saturated carbocycles. The Morgan fingerprint density at radius 2 is 1.90 bits per heavy atom. The molecule has 0 atom stereocenters. The number of carboxylic acids is 1. The monoisotopic (exact) mass is 294 g/mol. The van der Waals surface area contributed by atoms with Crippen molar-refractivity contribution in [1.29, 1.82) is 0 Å². The van der Waals surface area contributed by atoms with E-state index in [-0.39, 0.29) is 6.42 Å². The summed E-state index contributed by atoms with van der Waals surface area (Å²) >= 11 is 2.03. The zero-order valence-electron chi connectivity index (χ0n) is 11.7. The number of ether oxygens (including phenoxy) is 1. The van der Waals surface area contributed by atoms with Crippen molar-refractivity contribution in [2.24, 2.45) is 0 Å². The molecule has 0 aromatic heterocycles. The summed E-state index contributed by atoms with van der Waals surface area (Å²) in [5, 5.41) is 9.52. The summed E-state index contributed by atoms with van der Waals surface area (Å²) in [4.78, 5) is 10.6. The zero-order valence-corrected chi connectivity index (χ0v) is 12.5. The fourth-order valence-electron chi connectivity index (χ4n) is 2.48. The minimum Gasteiger partial charge on any atom is -0.493 e. The molecule has 1 fully saturated rings. The second-order valence-corrected chi connectivity index (χ2v) is 6.60. The Labute approximate surface area is 124 Å². The Morgan fingerprint density at radius 1 is 1.20 bits per heavy atom.